The van der Waals surface area contributed by atoms with E-state index >= 15 is 0 Å². The van der Waals surface area contributed by atoms with Crippen molar-refractivity contribution in [1.29, 1.82) is 0 Å². The van der Waals surface area contributed by atoms with E-state index in [4.69, 9.17) is 0 Å². The third-order valence-electron chi connectivity index (χ3n) is 4.36. The van der Waals surface area contributed by atoms with Gasteiger partial charge in [-0.25, -0.2) is 15.0 Å². The van der Waals surface area contributed by atoms with Gasteiger partial charge in [0, 0.05) is 43.8 Å². The van der Waals surface area contributed by atoms with Gasteiger partial charge in [0.2, 0.25) is 0 Å². The van der Waals surface area contributed by atoms with Crippen molar-refractivity contribution in [2.24, 2.45) is 0 Å². The zero-order valence-electron chi connectivity index (χ0n) is 14.9. The van der Waals surface area contributed by atoms with Crippen molar-refractivity contribution in [2.75, 3.05) is 43.4 Å². The molecule has 0 spiro atoms. The molecule has 0 aliphatic carbocycles. The Labute approximate surface area is 160 Å². The molecule has 4 heterocycles. The Morgan fingerprint density at radius 3 is 2.74 bits per heavy atom. The minimum absolute atomic E-state index is 0.297. The van der Waals surface area contributed by atoms with Crippen molar-refractivity contribution >= 4 is 28.2 Å². The van der Waals surface area contributed by atoms with Crippen LogP contribution in [0.3, 0.4) is 0 Å². The summed E-state index contributed by atoms with van der Waals surface area (Å²) in [6.45, 7) is 3.71. The van der Waals surface area contributed by atoms with E-state index in [-0.39, 0.29) is 5.91 Å². The first-order valence-corrected chi connectivity index (χ1v) is 9.51. The summed E-state index contributed by atoms with van der Waals surface area (Å²) in [5.74, 6) is 0.478. The van der Waals surface area contributed by atoms with Crippen LogP contribution in [0.25, 0.3) is 11.4 Å². The van der Waals surface area contributed by atoms with Crippen molar-refractivity contribution in [3.63, 3.8) is 0 Å². The second-order valence-corrected chi connectivity index (χ2v) is 7.12. The minimum Gasteiger partial charge on any atom is -0.354 e. The summed E-state index contributed by atoms with van der Waals surface area (Å²) in [4.78, 5) is 34.1. The number of anilines is 2. The van der Waals surface area contributed by atoms with Crippen LogP contribution in [0.4, 0.5) is 10.9 Å². The van der Waals surface area contributed by atoms with Crippen LogP contribution in [0.1, 0.15) is 10.5 Å². The number of aromatic nitrogens is 4. The average Bonchev–Trinajstić information content (AvgIpc) is 3.18. The number of hydrogen-bond donors (Lipinski definition) is 1. The molecule has 1 aliphatic rings. The summed E-state index contributed by atoms with van der Waals surface area (Å²) in [5, 5.41) is 5.19. The van der Waals surface area contributed by atoms with E-state index in [1.165, 1.54) is 17.7 Å². The van der Waals surface area contributed by atoms with Crippen LogP contribution in [0, 0.1) is 0 Å². The molecule has 1 N–H and O–H groups in total. The lowest BCUT2D eigenvalue weighted by molar-refractivity contribution is 0.102. The molecule has 9 heteroatoms. The van der Waals surface area contributed by atoms with E-state index in [0.29, 0.717) is 10.8 Å². The molecule has 8 nitrogen and oxygen atoms in total. The Balaban J connectivity index is 1.46. The summed E-state index contributed by atoms with van der Waals surface area (Å²) in [5.41, 5.74) is 1.83. The molecule has 0 bridgehead atoms. The Morgan fingerprint density at radius 2 is 1.96 bits per heavy atom. The highest BCUT2D eigenvalue weighted by Crippen LogP contribution is 2.23. The van der Waals surface area contributed by atoms with Crippen LogP contribution in [0.2, 0.25) is 0 Å². The number of thiazole rings is 1. The number of pyridine rings is 1. The van der Waals surface area contributed by atoms with Gasteiger partial charge in [-0.1, -0.05) is 6.07 Å². The molecule has 3 aromatic rings. The lowest BCUT2D eigenvalue weighted by Crippen LogP contribution is -2.44. The fraction of sp³-hybridized carbons (Fsp3) is 0.278. The summed E-state index contributed by atoms with van der Waals surface area (Å²) in [6, 6.07) is 7.37. The molecular formula is C18H19N7OS. The predicted octanol–water partition coefficient (Wildman–Crippen LogP) is 2.00. The molecule has 4 rings (SSSR count). The third-order valence-corrected chi connectivity index (χ3v) is 5.12. The number of hydrogen-bond acceptors (Lipinski definition) is 8. The maximum atomic E-state index is 12.6. The summed E-state index contributed by atoms with van der Waals surface area (Å²) >= 11 is 1.36. The Morgan fingerprint density at radius 1 is 1.11 bits per heavy atom. The highest BCUT2D eigenvalue weighted by atomic mass is 32.1. The number of piperazine rings is 1. The fourth-order valence-corrected chi connectivity index (χ4v) is 3.50. The van der Waals surface area contributed by atoms with Gasteiger partial charge in [0.15, 0.2) is 5.13 Å². The van der Waals surface area contributed by atoms with Gasteiger partial charge >= 0.3 is 0 Å². The van der Waals surface area contributed by atoms with Gasteiger partial charge in [-0.15, -0.1) is 11.3 Å². The first-order chi connectivity index (χ1) is 13.2. The van der Waals surface area contributed by atoms with E-state index in [9.17, 15) is 4.79 Å². The Hall–Kier alpha value is -2.91. The van der Waals surface area contributed by atoms with E-state index in [1.54, 1.807) is 12.3 Å². The van der Waals surface area contributed by atoms with Crippen molar-refractivity contribution in [3.05, 3.63) is 47.9 Å². The number of nitrogens with one attached hydrogen (secondary N) is 1. The smallest absolute Gasteiger partial charge is 0.276 e. The van der Waals surface area contributed by atoms with Crippen molar-refractivity contribution in [3.8, 4) is 11.4 Å². The molecule has 1 saturated heterocycles. The van der Waals surface area contributed by atoms with Crippen molar-refractivity contribution < 1.29 is 4.79 Å². The quantitative estimate of drug-likeness (QED) is 0.739. The summed E-state index contributed by atoms with van der Waals surface area (Å²) in [7, 11) is 2.10. The minimum atomic E-state index is -0.297. The molecule has 0 saturated carbocycles. The van der Waals surface area contributed by atoms with Crippen LogP contribution < -0.4 is 10.2 Å². The average molecular weight is 381 g/mol. The molecule has 0 aromatic carbocycles. The lowest BCUT2D eigenvalue weighted by Gasteiger charge is -2.33. The van der Waals surface area contributed by atoms with Crippen molar-refractivity contribution in [1.82, 2.24) is 24.8 Å². The number of carbonyl (C=O) groups excluding carboxylic acids is 1. The van der Waals surface area contributed by atoms with Crippen LogP contribution in [0.15, 0.2) is 42.2 Å². The van der Waals surface area contributed by atoms with Gasteiger partial charge in [0.25, 0.3) is 5.91 Å². The molecule has 0 atom stereocenters. The van der Waals surface area contributed by atoms with Gasteiger partial charge in [0.1, 0.15) is 23.5 Å². The highest BCUT2D eigenvalue weighted by molar-refractivity contribution is 7.14. The second kappa shape index (κ2) is 7.77. The molecule has 0 unspecified atom stereocenters. The highest BCUT2D eigenvalue weighted by Gasteiger charge is 2.18. The van der Waals surface area contributed by atoms with Gasteiger partial charge in [-0.2, -0.15) is 0 Å². The summed E-state index contributed by atoms with van der Waals surface area (Å²) < 4.78 is 0. The number of rotatable bonds is 4. The summed E-state index contributed by atoms with van der Waals surface area (Å²) in [6.07, 6.45) is 3.15. The normalized spacial score (nSPS) is 14.9. The topological polar surface area (TPSA) is 87.1 Å². The molecule has 1 fully saturated rings. The molecule has 1 aliphatic heterocycles. The van der Waals surface area contributed by atoms with Crippen LogP contribution in [-0.4, -0.2) is 64.0 Å². The zero-order valence-corrected chi connectivity index (χ0v) is 15.7. The molecule has 3 aromatic heterocycles. The van der Waals surface area contributed by atoms with E-state index in [2.05, 4.69) is 42.1 Å². The number of nitrogens with zero attached hydrogens (tertiary/aromatic N) is 6. The van der Waals surface area contributed by atoms with Gasteiger partial charge in [-0.05, 0) is 19.2 Å². The largest absolute Gasteiger partial charge is 0.354 e. The SMILES string of the molecule is CN1CCN(c2cc(C(=O)Nc3nc(-c4ccccn4)cs3)ncn2)CC1. The van der Waals surface area contributed by atoms with Gasteiger partial charge in [-0.3, -0.25) is 15.1 Å². The van der Waals surface area contributed by atoms with Crippen LogP contribution >= 0.6 is 11.3 Å². The maximum Gasteiger partial charge on any atom is 0.276 e. The Kier molecular flexibility index (Phi) is 5.03. The lowest BCUT2D eigenvalue weighted by atomic mass is 10.3. The van der Waals surface area contributed by atoms with Crippen LogP contribution in [0.5, 0.6) is 0 Å². The fourth-order valence-electron chi connectivity index (χ4n) is 2.80. The standard InChI is InChI=1S/C18H19N7OS/c1-24-6-8-25(9-7-24)16-10-14(20-12-21-16)17(26)23-18-22-15(11-27-18)13-4-2-3-5-19-13/h2-5,10-12H,6-9H2,1H3,(H,22,23,26). The second-order valence-electron chi connectivity index (χ2n) is 6.26. The monoisotopic (exact) mass is 381 g/mol. The first-order valence-electron chi connectivity index (χ1n) is 8.63. The molecule has 1 amide bonds. The van der Waals surface area contributed by atoms with Crippen molar-refractivity contribution in [2.45, 2.75) is 0 Å². The molecule has 0 radical (unpaired) electrons. The van der Waals surface area contributed by atoms with E-state index in [1.807, 2.05) is 23.6 Å². The van der Waals surface area contributed by atoms with Gasteiger partial charge in [0.05, 0.1) is 5.69 Å². The molecule has 27 heavy (non-hydrogen) atoms. The molecular weight excluding hydrogens is 362 g/mol. The first kappa shape index (κ1) is 17.5. The predicted molar refractivity (Wildman–Crippen MR) is 105 cm³/mol. The zero-order chi connectivity index (χ0) is 18.6. The Bertz CT molecular complexity index is 922. The van der Waals surface area contributed by atoms with E-state index in [0.717, 1.165) is 43.4 Å². The van der Waals surface area contributed by atoms with Gasteiger partial charge < -0.3 is 9.80 Å². The molecule has 138 valence electrons. The number of likely N-dealkylation sites (N-methyl/N-ethyl adjacent to an activating group) is 1. The number of amides is 1. The maximum absolute atomic E-state index is 12.6. The van der Waals surface area contributed by atoms with Crippen LogP contribution in [-0.2, 0) is 0 Å². The van der Waals surface area contributed by atoms with E-state index < -0.39 is 0 Å². The number of carbonyl (C=O) groups is 1. The third kappa shape index (κ3) is 4.09.